The van der Waals surface area contributed by atoms with Gasteiger partial charge in [-0.25, -0.2) is 19.6 Å². The summed E-state index contributed by atoms with van der Waals surface area (Å²) in [4.78, 5) is 28.8. The van der Waals surface area contributed by atoms with Crippen molar-refractivity contribution in [1.82, 2.24) is 30.2 Å². The second-order valence-corrected chi connectivity index (χ2v) is 7.21. The van der Waals surface area contributed by atoms with Crippen molar-refractivity contribution < 1.29 is 9.42 Å². The number of hydrogen-bond donors (Lipinski definition) is 2. The first-order valence-electron chi connectivity index (χ1n) is 8.64. The van der Waals surface area contributed by atoms with E-state index in [4.69, 9.17) is 9.61 Å². The molecule has 4 aromatic heterocycles. The van der Waals surface area contributed by atoms with Crippen LogP contribution in [0.1, 0.15) is 6.92 Å². The Morgan fingerprint density at radius 1 is 1.07 bits per heavy atom. The largest absolute Gasteiger partial charge is 0.344 e. The van der Waals surface area contributed by atoms with E-state index >= 15 is 0 Å². The van der Waals surface area contributed by atoms with Crippen LogP contribution in [-0.2, 0) is 4.79 Å². The van der Waals surface area contributed by atoms with Crippen molar-refractivity contribution in [2.24, 2.45) is 0 Å². The highest BCUT2D eigenvalue weighted by atomic mass is 32.1. The number of carbonyl (C=O) groups is 1. The Morgan fingerprint density at radius 3 is 2.79 bits per heavy atom. The van der Waals surface area contributed by atoms with Crippen molar-refractivity contribution in [3.05, 3.63) is 48.9 Å². The quantitative estimate of drug-likeness (QED) is 0.468. The Kier molecular flexibility index (Phi) is 4.10. The van der Waals surface area contributed by atoms with Gasteiger partial charge in [0.1, 0.15) is 27.7 Å². The maximum absolute atomic E-state index is 11.3. The summed E-state index contributed by atoms with van der Waals surface area (Å²) in [5, 5.41) is 11.2. The lowest BCUT2D eigenvalue weighted by molar-refractivity contribution is -0.114. The fourth-order valence-electron chi connectivity index (χ4n) is 2.93. The number of nitrogens with zero attached hydrogens (tertiary/aromatic N) is 5. The van der Waals surface area contributed by atoms with Crippen LogP contribution in [0.4, 0.5) is 5.82 Å². The summed E-state index contributed by atoms with van der Waals surface area (Å²) in [5.74, 6) is 1.01. The molecule has 10 heteroatoms. The van der Waals surface area contributed by atoms with E-state index in [9.17, 15) is 4.79 Å². The fraction of sp³-hybridized carbons (Fsp3) is 0.0526. The van der Waals surface area contributed by atoms with Crippen LogP contribution in [0.3, 0.4) is 0 Å². The Hall–Kier alpha value is -3.92. The van der Waals surface area contributed by atoms with Gasteiger partial charge in [-0.15, -0.1) is 11.3 Å². The van der Waals surface area contributed by atoms with Gasteiger partial charge in [-0.2, -0.15) is 0 Å². The topological polar surface area (TPSA) is 122 Å². The van der Waals surface area contributed by atoms with E-state index in [0.717, 1.165) is 32.5 Å². The fourth-order valence-corrected chi connectivity index (χ4v) is 3.97. The number of nitrogens with one attached hydrogen (secondary N) is 2. The lowest BCUT2D eigenvalue weighted by Crippen LogP contribution is -2.07. The molecule has 0 unspecified atom stereocenters. The molecule has 0 radical (unpaired) electrons. The van der Waals surface area contributed by atoms with E-state index in [1.165, 1.54) is 18.3 Å². The number of anilines is 1. The molecule has 5 aromatic rings. The highest BCUT2D eigenvalue weighted by Gasteiger charge is 2.19. The molecule has 1 amide bonds. The van der Waals surface area contributed by atoms with Crippen LogP contribution in [-0.4, -0.2) is 36.2 Å². The van der Waals surface area contributed by atoms with E-state index in [0.29, 0.717) is 16.9 Å². The molecule has 5 rings (SSSR count). The molecule has 0 fully saturated rings. The summed E-state index contributed by atoms with van der Waals surface area (Å²) in [6.45, 7) is 1.44. The van der Waals surface area contributed by atoms with Gasteiger partial charge in [-0.05, 0) is 34.6 Å². The third-order valence-corrected chi connectivity index (χ3v) is 5.29. The third kappa shape index (κ3) is 3.25. The first kappa shape index (κ1) is 17.2. The summed E-state index contributed by atoms with van der Waals surface area (Å²) in [7, 11) is 0. The lowest BCUT2D eigenvalue weighted by Gasteiger charge is -2.02. The number of aromatic nitrogens is 6. The Bertz CT molecular complexity index is 1320. The van der Waals surface area contributed by atoms with Crippen molar-refractivity contribution in [3.8, 4) is 32.5 Å². The summed E-state index contributed by atoms with van der Waals surface area (Å²) < 4.78 is 4.80. The van der Waals surface area contributed by atoms with Gasteiger partial charge < -0.3 is 10.3 Å². The number of imidazole rings is 1. The van der Waals surface area contributed by atoms with Crippen LogP contribution in [0.15, 0.2) is 53.6 Å². The maximum atomic E-state index is 11.3. The van der Waals surface area contributed by atoms with Crippen molar-refractivity contribution in [3.63, 3.8) is 0 Å². The zero-order valence-corrected chi connectivity index (χ0v) is 15.9. The Morgan fingerprint density at radius 2 is 1.97 bits per heavy atom. The summed E-state index contributed by atoms with van der Waals surface area (Å²) in [6, 6.07) is 9.29. The smallest absolute Gasteiger partial charge is 0.222 e. The molecule has 29 heavy (non-hydrogen) atoms. The molecule has 142 valence electrons. The molecule has 0 spiro atoms. The number of benzene rings is 1. The molecule has 4 heterocycles. The molecule has 0 aliphatic rings. The van der Waals surface area contributed by atoms with Gasteiger partial charge in [0.25, 0.3) is 0 Å². The minimum atomic E-state index is -0.180. The SMILES string of the molecule is CC(=O)Nc1cc(-c2nc(-c3ccc4nonc4c3)c(-c3ncc[nH]3)s2)ccn1. The number of amides is 1. The zero-order valence-electron chi connectivity index (χ0n) is 15.1. The predicted molar refractivity (Wildman–Crippen MR) is 108 cm³/mol. The first-order chi connectivity index (χ1) is 14.2. The second kappa shape index (κ2) is 6.91. The molecule has 2 N–H and O–H groups in total. The monoisotopic (exact) mass is 403 g/mol. The van der Waals surface area contributed by atoms with Crippen molar-refractivity contribution in [2.75, 3.05) is 5.32 Å². The van der Waals surface area contributed by atoms with Gasteiger partial charge in [0.2, 0.25) is 5.91 Å². The van der Waals surface area contributed by atoms with Crippen LogP contribution < -0.4 is 5.32 Å². The van der Waals surface area contributed by atoms with E-state index < -0.39 is 0 Å². The predicted octanol–water partition coefficient (Wildman–Crippen LogP) is 3.76. The van der Waals surface area contributed by atoms with Gasteiger partial charge in [0.15, 0.2) is 0 Å². The molecule has 0 saturated heterocycles. The van der Waals surface area contributed by atoms with Gasteiger partial charge in [0, 0.05) is 36.6 Å². The minimum Gasteiger partial charge on any atom is -0.344 e. The number of carbonyl (C=O) groups excluding carboxylic acids is 1. The van der Waals surface area contributed by atoms with Crippen LogP contribution in [0.5, 0.6) is 0 Å². The lowest BCUT2D eigenvalue weighted by atomic mass is 10.1. The molecule has 0 saturated carbocycles. The Balaban J connectivity index is 1.65. The molecule has 9 nitrogen and oxygen atoms in total. The Labute approximate surface area is 167 Å². The number of fused-ring (bicyclic) bond motifs is 1. The molecule has 0 atom stereocenters. The third-order valence-electron chi connectivity index (χ3n) is 4.18. The van der Waals surface area contributed by atoms with Crippen LogP contribution in [0, 0.1) is 0 Å². The molecular formula is C19H13N7O2S. The maximum Gasteiger partial charge on any atom is 0.222 e. The molecule has 0 aliphatic heterocycles. The first-order valence-corrected chi connectivity index (χ1v) is 9.46. The van der Waals surface area contributed by atoms with Crippen molar-refractivity contribution in [2.45, 2.75) is 6.92 Å². The highest BCUT2D eigenvalue weighted by molar-refractivity contribution is 7.18. The minimum absolute atomic E-state index is 0.180. The molecule has 0 bridgehead atoms. The standard InChI is InChI=1S/C19H13N7O2S/c1-10(27)23-15-9-12(4-5-20-15)19-24-16(17(29-19)18-21-6-7-22-18)11-2-3-13-14(8-11)26-28-25-13/h2-9H,1H3,(H,21,22)(H,20,23,27). The normalized spacial score (nSPS) is 11.1. The van der Waals surface area contributed by atoms with Crippen LogP contribution in [0.2, 0.25) is 0 Å². The van der Waals surface area contributed by atoms with Gasteiger partial charge in [-0.3, -0.25) is 4.79 Å². The van der Waals surface area contributed by atoms with Crippen molar-refractivity contribution >= 4 is 34.1 Å². The number of rotatable bonds is 4. The van der Waals surface area contributed by atoms with Gasteiger partial charge >= 0.3 is 0 Å². The van der Waals surface area contributed by atoms with Gasteiger partial charge in [0.05, 0.1) is 10.6 Å². The average molecular weight is 403 g/mol. The average Bonchev–Trinajstić information content (AvgIpc) is 3.46. The second-order valence-electron chi connectivity index (χ2n) is 6.21. The van der Waals surface area contributed by atoms with E-state index in [-0.39, 0.29) is 5.91 Å². The highest BCUT2D eigenvalue weighted by Crippen LogP contribution is 2.40. The van der Waals surface area contributed by atoms with E-state index in [1.54, 1.807) is 24.7 Å². The zero-order chi connectivity index (χ0) is 19.8. The number of hydrogen-bond acceptors (Lipinski definition) is 8. The molecule has 0 aliphatic carbocycles. The summed E-state index contributed by atoms with van der Waals surface area (Å²) in [6.07, 6.45) is 5.11. The van der Waals surface area contributed by atoms with E-state index in [2.05, 4.69) is 30.6 Å². The molecule has 1 aromatic carbocycles. The summed E-state index contributed by atoms with van der Waals surface area (Å²) in [5.41, 5.74) is 3.81. The summed E-state index contributed by atoms with van der Waals surface area (Å²) >= 11 is 1.50. The number of thiazole rings is 1. The van der Waals surface area contributed by atoms with Crippen molar-refractivity contribution in [1.29, 1.82) is 0 Å². The number of aromatic amines is 1. The number of H-pyrrole nitrogens is 1. The van der Waals surface area contributed by atoms with Gasteiger partial charge in [-0.1, -0.05) is 6.07 Å². The number of pyridine rings is 1. The molecular weight excluding hydrogens is 390 g/mol. The van der Waals surface area contributed by atoms with Crippen LogP contribution >= 0.6 is 11.3 Å². The van der Waals surface area contributed by atoms with E-state index in [1.807, 2.05) is 24.3 Å². The van der Waals surface area contributed by atoms with Crippen LogP contribution in [0.25, 0.3) is 43.6 Å².